The fraction of sp³-hybridized carbons (Fsp3) is 0.562. The summed E-state index contributed by atoms with van der Waals surface area (Å²) in [5.41, 5.74) is -0.799. The lowest BCUT2D eigenvalue weighted by Crippen LogP contribution is -2.53. The van der Waals surface area contributed by atoms with Crippen LogP contribution in [0.2, 0.25) is 0 Å². The van der Waals surface area contributed by atoms with E-state index in [-0.39, 0.29) is 11.8 Å². The quantitative estimate of drug-likeness (QED) is 0.909. The van der Waals surface area contributed by atoms with Gasteiger partial charge in [-0.1, -0.05) is 19.9 Å². The molecule has 0 radical (unpaired) electrons. The Labute approximate surface area is 139 Å². The zero-order valence-electron chi connectivity index (χ0n) is 13.7. The second-order valence-electron chi connectivity index (χ2n) is 6.32. The number of nitrogens with zero attached hydrogens (tertiary/aromatic N) is 3. The molecular formula is C16H22N4O2S. The molecule has 7 heteroatoms. The van der Waals surface area contributed by atoms with Crippen molar-refractivity contribution in [1.29, 1.82) is 0 Å². The monoisotopic (exact) mass is 334 g/mol. The van der Waals surface area contributed by atoms with Gasteiger partial charge in [0.15, 0.2) is 5.82 Å². The first kappa shape index (κ1) is 16.1. The Hall–Kier alpha value is -1.73. The number of fused-ring (bicyclic) bond motifs is 1. The number of ether oxygens (including phenoxy) is 1. The first-order chi connectivity index (χ1) is 11.0. The minimum Gasteiger partial charge on any atom is -0.370 e. The normalized spacial score (nSPS) is 20.5. The minimum atomic E-state index is -0.799. The van der Waals surface area contributed by atoms with Gasteiger partial charge in [0.25, 0.3) is 0 Å². The van der Waals surface area contributed by atoms with Gasteiger partial charge in [0.05, 0.1) is 6.61 Å². The van der Waals surface area contributed by atoms with Gasteiger partial charge in [-0.05, 0) is 24.8 Å². The van der Waals surface area contributed by atoms with E-state index >= 15 is 0 Å². The molecule has 1 N–H and O–H groups in total. The summed E-state index contributed by atoms with van der Waals surface area (Å²) in [6.45, 7) is 7.36. The van der Waals surface area contributed by atoms with Crippen LogP contribution in [0.1, 0.15) is 43.2 Å². The molecule has 3 rings (SSSR count). The number of amides is 1. The fourth-order valence-corrected chi connectivity index (χ4v) is 3.56. The van der Waals surface area contributed by atoms with Gasteiger partial charge in [-0.3, -0.25) is 9.36 Å². The number of carbonyl (C=O) groups is 1. The molecule has 124 valence electrons. The Morgan fingerprint density at radius 2 is 2.35 bits per heavy atom. The predicted molar refractivity (Wildman–Crippen MR) is 88.4 cm³/mol. The molecule has 0 bridgehead atoms. The van der Waals surface area contributed by atoms with Crippen LogP contribution in [0.3, 0.4) is 0 Å². The number of carbonyl (C=O) groups excluding carboxylic acids is 1. The number of hydrogen-bond donors (Lipinski definition) is 1. The van der Waals surface area contributed by atoms with Crippen molar-refractivity contribution in [1.82, 2.24) is 20.1 Å². The Balaban J connectivity index is 1.76. The van der Waals surface area contributed by atoms with E-state index in [1.165, 1.54) is 4.88 Å². The van der Waals surface area contributed by atoms with E-state index in [2.05, 4.69) is 35.4 Å². The van der Waals surface area contributed by atoms with Crippen LogP contribution < -0.4 is 5.32 Å². The van der Waals surface area contributed by atoms with Crippen LogP contribution in [-0.4, -0.2) is 33.8 Å². The summed E-state index contributed by atoms with van der Waals surface area (Å²) in [6.07, 6.45) is 0.840. The SMILES string of the molecule is CC(C)c1nnc2n1C(C)(C(=O)NCCc1cccs1)COC2. The molecule has 0 spiro atoms. The predicted octanol–water partition coefficient (Wildman–Crippen LogP) is 2.07. The minimum absolute atomic E-state index is 0.0447. The van der Waals surface area contributed by atoms with Crippen LogP contribution >= 0.6 is 11.3 Å². The molecule has 0 aliphatic carbocycles. The second kappa shape index (κ2) is 6.41. The molecule has 6 nitrogen and oxygen atoms in total. The first-order valence-corrected chi connectivity index (χ1v) is 8.73. The molecule has 0 aromatic carbocycles. The number of rotatable bonds is 5. The average molecular weight is 334 g/mol. The highest BCUT2D eigenvalue weighted by atomic mass is 32.1. The molecule has 3 heterocycles. The van der Waals surface area contributed by atoms with E-state index in [9.17, 15) is 4.79 Å². The number of aromatic nitrogens is 3. The lowest BCUT2D eigenvalue weighted by atomic mass is 9.99. The van der Waals surface area contributed by atoms with E-state index in [0.717, 1.165) is 18.1 Å². The smallest absolute Gasteiger partial charge is 0.248 e. The van der Waals surface area contributed by atoms with E-state index in [0.29, 0.717) is 19.8 Å². The lowest BCUT2D eigenvalue weighted by Gasteiger charge is -2.35. The molecule has 2 aromatic rings. The standard InChI is InChI=1S/C16H22N4O2S/c1-11(2)14-19-18-13-9-22-10-16(3,20(13)14)15(21)17-7-6-12-5-4-8-23-12/h4-5,8,11H,6-7,9-10H2,1-3H3,(H,17,21). The average Bonchev–Trinajstić information content (AvgIpc) is 3.16. The van der Waals surface area contributed by atoms with Gasteiger partial charge < -0.3 is 10.1 Å². The highest BCUT2D eigenvalue weighted by Crippen LogP contribution is 2.29. The van der Waals surface area contributed by atoms with Crippen molar-refractivity contribution in [2.24, 2.45) is 0 Å². The molecule has 0 saturated carbocycles. The highest BCUT2D eigenvalue weighted by molar-refractivity contribution is 7.09. The molecule has 1 unspecified atom stereocenters. The van der Waals surface area contributed by atoms with Crippen molar-refractivity contribution < 1.29 is 9.53 Å². The summed E-state index contributed by atoms with van der Waals surface area (Å²) in [7, 11) is 0. The van der Waals surface area contributed by atoms with Crippen LogP contribution in [0, 0.1) is 0 Å². The first-order valence-electron chi connectivity index (χ1n) is 7.85. The molecule has 23 heavy (non-hydrogen) atoms. The molecule has 0 fully saturated rings. The fourth-order valence-electron chi connectivity index (χ4n) is 2.85. The van der Waals surface area contributed by atoms with Crippen molar-refractivity contribution in [2.75, 3.05) is 13.2 Å². The van der Waals surface area contributed by atoms with Crippen molar-refractivity contribution in [3.05, 3.63) is 34.0 Å². The van der Waals surface area contributed by atoms with Gasteiger partial charge in [-0.25, -0.2) is 0 Å². The Morgan fingerprint density at radius 3 is 3.04 bits per heavy atom. The van der Waals surface area contributed by atoms with Crippen molar-refractivity contribution in [2.45, 2.75) is 45.3 Å². The molecule has 1 amide bonds. The van der Waals surface area contributed by atoms with Crippen LogP contribution in [0.4, 0.5) is 0 Å². The van der Waals surface area contributed by atoms with E-state index < -0.39 is 5.54 Å². The third-order valence-corrected chi connectivity index (χ3v) is 5.04. The lowest BCUT2D eigenvalue weighted by molar-refractivity contribution is -0.135. The Kier molecular flexibility index (Phi) is 4.50. The van der Waals surface area contributed by atoms with Gasteiger partial charge in [0.2, 0.25) is 5.91 Å². The summed E-state index contributed by atoms with van der Waals surface area (Å²) in [5.74, 6) is 1.71. The summed E-state index contributed by atoms with van der Waals surface area (Å²) in [6, 6.07) is 4.10. The van der Waals surface area contributed by atoms with Crippen molar-refractivity contribution in [3.63, 3.8) is 0 Å². The zero-order chi connectivity index (χ0) is 16.4. The molecule has 1 atom stereocenters. The van der Waals surface area contributed by atoms with E-state index in [4.69, 9.17) is 4.74 Å². The zero-order valence-corrected chi connectivity index (χ0v) is 14.5. The molecule has 0 saturated heterocycles. The van der Waals surface area contributed by atoms with Gasteiger partial charge in [0.1, 0.15) is 18.0 Å². The third-order valence-electron chi connectivity index (χ3n) is 4.11. The van der Waals surface area contributed by atoms with Gasteiger partial charge in [0, 0.05) is 17.3 Å². The van der Waals surface area contributed by atoms with E-state index in [1.54, 1.807) is 11.3 Å². The van der Waals surface area contributed by atoms with Crippen LogP contribution in [0.25, 0.3) is 0 Å². The van der Waals surface area contributed by atoms with Gasteiger partial charge in [-0.15, -0.1) is 21.5 Å². The van der Waals surface area contributed by atoms with Crippen LogP contribution in [0.5, 0.6) is 0 Å². The summed E-state index contributed by atoms with van der Waals surface area (Å²) in [5, 5.41) is 13.5. The molecule has 1 aliphatic rings. The van der Waals surface area contributed by atoms with Crippen molar-refractivity contribution >= 4 is 17.2 Å². The summed E-state index contributed by atoms with van der Waals surface area (Å²) < 4.78 is 7.56. The maximum Gasteiger partial charge on any atom is 0.248 e. The van der Waals surface area contributed by atoms with Crippen LogP contribution in [0.15, 0.2) is 17.5 Å². The Morgan fingerprint density at radius 1 is 1.52 bits per heavy atom. The number of hydrogen-bond acceptors (Lipinski definition) is 5. The summed E-state index contributed by atoms with van der Waals surface area (Å²) >= 11 is 1.70. The van der Waals surface area contributed by atoms with Crippen molar-refractivity contribution in [3.8, 4) is 0 Å². The van der Waals surface area contributed by atoms with Gasteiger partial charge >= 0.3 is 0 Å². The molecule has 1 aliphatic heterocycles. The molecular weight excluding hydrogens is 312 g/mol. The third kappa shape index (κ3) is 3.03. The number of thiophene rings is 1. The maximum atomic E-state index is 12.8. The summed E-state index contributed by atoms with van der Waals surface area (Å²) in [4.78, 5) is 14.1. The van der Waals surface area contributed by atoms with Crippen LogP contribution in [-0.2, 0) is 28.1 Å². The molecule has 2 aromatic heterocycles. The second-order valence-corrected chi connectivity index (χ2v) is 7.35. The maximum absolute atomic E-state index is 12.8. The highest BCUT2D eigenvalue weighted by Gasteiger charge is 2.42. The van der Waals surface area contributed by atoms with Gasteiger partial charge in [-0.2, -0.15) is 0 Å². The number of nitrogens with one attached hydrogen (secondary N) is 1. The Bertz CT molecular complexity index is 680. The topological polar surface area (TPSA) is 69.0 Å². The largest absolute Gasteiger partial charge is 0.370 e. The van der Waals surface area contributed by atoms with E-state index in [1.807, 2.05) is 22.9 Å².